The van der Waals surface area contributed by atoms with Crippen molar-refractivity contribution >= 4 is 66.7 Å². The number of ether oxygens (including phenoxy) is 1. The Bertz CT molecular complexity index is 1540. The molecule has 5 aromatic rings. The Labute approximate surface area is 190 Å². The van der Waals surface area contributed by atoms with Gasteiger partial charge in [0.1, 0.15) is 5.75 Å². The molecule has 5 rings (SSSR count). The fourth-order valence-electron chi connectivity index (χ4n) is 3.73. The Morgan fingerprint density at radius 2 is 1.81 bits per heavy atom. The van der Waals surface area contributed by atoms with Crippen molar-refractivity contribution in [1.82, 2.24) is 14.8 Å². The molecule has 0 amide bonds. The average molecular weight is 497 g/mol. The maximum Gasteiger partial charge on any atom is 0.264 e. The van der Waals surface area contributed by atoms with Crippen LogP contribution in [0.2, 0.25) is 5.02 Å². The van der Waals surface area contributed by atoms with Crippen molar-refractivity contribution < 1.29 is 13.9 Å². The molecule has 0 unspecified atom stereocenters. The molecule has 8 heteroatoms. The third-order valence-electron chi connectivity index (χ3n) is 5.13. The molecule has 0 atom stereocenters. The molecule has 0 aliphatic carbocycles. The van der Waals surface area contributed by atoms with Crippen molar-refractivity contribution in [1.29, 1.82) is 0 Å². The minimum Gasteiger partial charge on any atom is -0.497 e. The molecule has 3 aromatic carbocycles. The summed E-state index contributed by atoms with van der Waals surface area (Å²) in [4.78, 5) is 13.9. The van der Waals surface area contributed by atoms with Gasteiger partial charge in [-0.3, -0.25) is 9.36 Å². The zero-order valence-corrected chi connectivity index (χ0v) is 18.9. The van der Waals surface area contributed by atoms with Crippen LogP contribution in [0.1, 0.15) is 15.9 Å². The molecule has 0 saturated carbocycles. The molecule has 2 aromatic heterocycles. The van der Waals surface area contributed by atoms with Crippen molar-refractivity contribution in [2.24, 2.45) is 0 Å². The summed E-state index contributed by atoms with van der Waals surface area (Å²) >= 11 is 9.85. The van der Waals surface area contributed by atoms with Gasteiger partial charge in [0.15, 0.2) is 0 Å². The van der Waals surface area contributed by atoms with Gasteiger partial charge < -0.3 is 9.15 Å². The van der Waals surface area contributed by atoms with Crippen molar-refractivity contribution in [2.45, 2.75) is 6.92 Å². The van der Waals surface area contributed by atoms with Crippen LogP contribution in [-0.2, 0) is 0 Å². The summed E-state index contributed by atoms with van der Waals surface area (Å²) in [7, 11) is 1.58. The normalized spacial score (nSPS) is 11.4. The van der Waals surface area contributed by atoms with E-state index in [1.807, 2.05) is 37.3 Å². The van der Waals surface area contributed by atoms with Crippen molar-refractivity contribution in [3.8, 4) is 5.75 Å². The van der Waals surface area contributed by atoms with E-state index in [1.165, 1.54) is 0 Å². The third-order valence-corrected chi connectivity index (χ3v) is 6.04. The molecule has 0 N–H and O–H groups in total. The zero-order chi connectivity index (χ0) is 21.7. The second kappa shape index (κ2) is 7.51. The van der Waals surface area contributed by atoms with Gasteiger partial charge in [-0.25, -0.2) is 0 Å². The fourth-order valence-corrected chi connectivity index (χ4v) is 4.46. The molecular weight excluding hydrogens is 482 g/mol. The molecule has 2 heterocycles. The monoisotopic (exact) mass is 495 g/mol. The number of carbonyl (C=O) groups is 1. The number of benzene rings is 3. The van der Waals surface area contributed by atoms with Gasteiger partial charge in [0.2, 0.25) is 11.4 Å². The van der Waals surface area contributed by atoms with Crippen LogP contribution in [0.15, 0.2) is 63.5 Å². The number of rotatable bonds is 2. The first-order chi connectivity index (χ1) is 15.0. The van der Waals surface area contributed by atoms with E-state index >= 15 is 0 Å². The van der Waals surface area contributed by atoms with Gasteiger partial charge in [0, 0.05) is 9.50 Å². The van der Waals surface area contributed by atoms with Crippen LogP contribution in [0, 0.1) is 6.92 Å². The van der Waals surface area contributed by atoms with Gasteiger partial charge in [0.25, 0.3) is 5.91 Å². The van der Waals surface area contributed by atoms with E-state index in [2.05, 4.69) is 26.1 Å². The lowest BCUT2D eigenvalue weighted by Gasteiger charge is -2.15. The van der Waals surface area contributed by atoms with Crippen LogP contribution < -0.4 is 4.74 Å². The Hall–Kier alpha value is -3.16. The first-order valence-electron chi connectivity index (χ1n) is 9.39. The highest BCUT2D eigenvalue weighted by molar-refractivity contribution is 9.10. The first-order valence-corrected chi connectivity index (χ1v) is 10.6. The Morgan fingerprint density at radius 1 is 1.06 bits per heavy atom. The average Bonchev–Trinajstić information content (AvgIpc) is 3.25. The quantitative estimate of drug-likeness (QED) is 0.286. The maximum atomic E-state index is 13.9. The largest absolute Gasteiger partial charge is 0.497 e. The van der Waals surface area contributed by atoms with Gasteiger partial charge in [-0.05, 0) is 70.9 Å². The highest BCUT2D eigenvalue weighted by atomic mass is 79.9. The lowest BCUT2D eigenvalue weighted by Crippen LogP contribution is -2.15. The standard InChI is InChI=1S/C23H15BrClN3O3/c1-12-9-13(25)10-17-20(12)28(23(29)15-5-3-4-6-18(15)24)19-8-7-14(30-2)11-16(19)21-26-27-22(17)31-21/h3-11H,1-2H3. The van der Waals surface area contributed by atoms with E-state index in [-0.39, 0.29) is 17.3 Å². The van der Waals surface area contributed by atoms with E-state index in [0.717, 1.165) is 5.56 Å². The number of carbonyl (C=O) groups excluding carboxylic acids is 1. The predicted molar refractivity (Wildman–Crippen MR) is 124 cm³/mol. The molecule has 0 saturated heterocycles. The van der Waals surface area contributed by atoms with Crippen molar-refractivity contribution in [2.75, 3.05) is 7.11 Å². The SMILES string of the molecule is COc1ccc2c(c1)c1nnc(o1)c1cc(Cl)cc(C)c1n2C(=O)c1ccccc1Br. The summed E-state index contributed by atoms with van der Waals surface area (Å²) in [6.07, 6.45) is 0. The van der Waals surface area contributed by atoms with E-state index in [9.17, 15) is 4.79 Å². The number of nitrogens with zero attached hydrogens (tertiary/aromatic N) is 3. The number of hydrogen-bond acceptors (Lipinski definition) is 5. The van der Waals surface area contributed by atoms with Crippen LogP contribution in [-0.4, -0.2) is 27.8 Å². The van der Waals surface area contributed by atoms with Crippen LogP contribution in [0.3, 0.4) is 0 Å². The van der Waals surface area contributed by atoms with Crippen LogP contribution >= 0.6 is 27.5 Å². The summed E-state index contributed by atoms with van der Waals surface area (Å²) < 4.78 is 13.7. The molecule has 0 spiro atoms. The third kappa shape index (κ3) is 3.21. The molecule has 0 aliphatic heterocycles. The lowest BCUT2D eigenvalue weighted by atomic mass is 10.1. The smallest absolute Gasteiger partial charge is 0.264 e. The summed E-state index contributed by atoms with van der Waals surface area (Å²) in [5, 5.41) is 10.1. The number of hydrogen-bond donors (Lipinski definition) is 0. The molecule has 0 aliphatic rings. The van der Waals surface area contributed by atoms with Gasteiger partial charge in [-0.1, -0.05) is 23.7 Å². The van der Waals surface area contributed by atoms with E-state index in [4.69, 9.17) is 20.8 Å². The molecule has 2 bridgehead atoms. The maximum absolute atomic E-state index is 13.9. The number of fused-ring (bicyclic) bond motifs is 6. The van der Waals surface area contributed by atoms with Gasteiger partial charge in [-0.2, -0.15) is 0 Å². The lowest BCUT2D eigenvalue weighted by molar-refractivity contribution is 0.0968. The van der Waals surface area contributed by atoms with E-state index in [1.54, 1.807) is 35.9 Å². The molecule has 0 radical (unpaired) electrons. The minimum absolute atomic E-state index is 0.215. The zero-order valence-electron chi connectivity index (χ0n) is 16.5. The number of methoxy groups -OCH3 is 1. The minimum atomic E-state index is -0.215. The van der Waals surface area contributed by atoms with Crippen molar-refractivity contribution in [3.05, 3.63) is 75.2 Å². The highest BCUT2D eigenvalue weighted by Crippen LogP contribution is 2.33. The second-order valence-electron chi connectivity index (χ2n) is 7.03. The summed E-state index contributed by atoms with van der Waals surface area (Å²) in [6.45, 7) is 1.90. The van der Waals surface area contributed by atoms with Crippen LogP contribution in [0.4, 0.5) is 0 Å². The summed E-state index contributed by atoms with van der Waals surface area (Å²) in [5.74, 6) is 0.397. The number of halogens is 2. The molecule has 6 nitrogen and oxygen atoms in total. The van der Waals surface area contributed by atoms with Crippen LogP contribution in [0.25, 0.3) is 33.2 Å². The molecule has 31 heavy (non-hydrogen) atoms. The second-order valence-corrected chi connectivity index (χ2v) is 8.33. The van der Waals surface area contributed by atoms with Gasteiger partial charge in [-0.15, -0.1) is 10.2 Å². The van der Waals surface area contributed by atoms with Crippen LogP contribution in [0.5, 0.6) is 5.75 Å². The number of aromatic nitrogens is 3. The van der Waals surface area contributed by atoms with E-state index in [0.29, 0.717) is 42.6 Å². The van der Waals surface area contributed by atoms with Crippen molar-refractivity contribution in [3.63, 3.8) is 0 Å². The first kappa shape index (κ1) is 19.8. The summed E-state index contributed by atoms with van der Waals surface area (Å²) in [5.41, 5.74) is 3.12. The van der Waals surface area contributed by atoms with E-state index < -0.39 is 0 Å². The van der Waals surface area contributed by atoms with Gasteiger partial charge >= 0.3 is 0 Å². The highest BCUT2D eigenvalue weighted by Gasteiger charge is 2.20. The Balaban J connectivity index is 2.07. The van der Waals surface area contributed by atoms with Gasteiger partial charge in [0.05, 0.1) is 34.5 Å². The molecule has 0 fully saturated rings. The Morgan fingerprint density at radius 3 is 2.55 bits per heavy atom. The Kier molecular flexibility index (Phi) is 4.79. The topological polar surface area (TPSA) is 70.2 Å². The fraction of sp³-hybridized carbons (Fsp3) is 0.0870. The summed E-state index contributed by atoms with van der Waals surface area (Å²) in [6, 6.07) is 16.2. The molecular formula is C23H15BrClN3O3. The predicted octanol–water partition coefficient (Wildman–Crippen LogP) is 6.31. The molecule has 154 valence electrons. The number of aryl methyl sites for hydroxylation is 1.